The van der Waals surface area contributed by atoms with Crippen LogP contribution in [0.5, 0.6) is 11.5 Å². The molecule has 0 aliphatic rings. The van der Waals surface area contributed by atoms with E-state index in [2.05, 4.69) is 20.1 Å². The normalized spacial score (nSPS) is 10.5. The van der Waals surface area contributed by atoms with Crippen molar-refractivity contribution < 1.29 is 13.3 Å². The van der Waals surface area contributed by atoms with Crippen molar-refractivity contribution in [1.29, 1.82) is 0 Å². The molecule has 0 atom stereocenters. The summed E-state index contributed by atoms with van der Waals surface area (Å²) in [6, 6.07) is 11.4. The van der Waals surface area contributed by atoms with E-state index in [-0.39, 0.29) is 0 Å². The minimum Gasteiger partial charge on any atom is -0.459 e. The lowest BCUT2D eigenvalue weighted by molar-refractivity contribution is 0.344. The van der Waals surface area contributed by atoms with Crippen molar-refractivity contribution in [2.75, 3.05) is 12.5 Å². The second-order valence-corrected chi connectivity index (χ2v) is 7.70. The maximum atomic E-state index is 12.3. The Bertz CT molecular complexity index is 702. The van der Waals surface area contributed by atoms with E-state index >= 15 is 0 Å². The van der Waals surface area contributed by atoms with Gasteiger partial charge in [-0.2, -0.15) is 0 Å². The Morgan fingerprint density at radius 1 is 0.875 bits per heavy atom. The van der Waals surface area contributed by atoms with Gasteiger partial charge in [-0.3, -0.25) is 4.46 Å². The zero-order valence-corrected chi connectivity index (χ0v) is 17.1. The molecule has 0 aliphatic heterocycles. The maximum absolute atomic E-state index is 12.3. The van der Waals surface area contributed by atoms with Crippen LogP contribution in [0.4, 0.5) is 0 Å². The zero-order valence-electron chi connectivity index (χ0n) is 14.4. The Kier molecular flexibility index (Phi) is 7.39. The lowest BCUT2D eigenvalue weighted by Crippen LogP contribution is -2.20. The van der Waals surface area contributed by atoms with Gasteiger partial charge in [0.1, 0.15) is 11.5 Å². The molecule has 128 valence electrons. The highest BCUT2D eigenvalue weighted by molar-refractivity contribution is 7.98. The topological polar surface area (TPSA) is 35.5 Å². The number of benzene rings is 2. The van der Waals surface area contributed by atoms with Crippen molar-refractivity contribution in [1.82, 2.24) is 0 Å². The molecule has 0 spiro atoms. The summed E-state index contributed by atoms with van der Waals surface area (Å²) in [5.74, 6) is 1.22. The number of thioether (sulfide) groups is 2. The van der Waals surface area contributed by atoms with Gasteiger partial charge in [-0.15, -0.1) is 23.5 Å². The van der Waals surface area contributed by atoms with Gasteiger partial charge in [0, 0.05) is 9.79 Å². The third-order valence-corrected chi connectivity index (χ3v) is 6.08. The summed E-state index contributed by atoms with van der Waals surface area (Å²) in [7, 11) is -2.65. The van der Waals surface area contributed by atoms with Gasteiger partial charge in [0.05, 0.1) is 0 Å². The van der Waals surface area contributed by atoms with Gasteiger partial charge in [0.2, 0.25) is 0 Å². The van der Waals surface area contributed by atoms with Crippen molar-refractivity contribution in [2.45, 2.75) is 36.5 Å². The highest BCUT2D eigenvalue weighted by atomic mass is 32.2. The zero-order chi connectivity index (χ0) is 17.5. The molecular weight excluding hydrogens is 356 g/mol. The summed E-state index contributed by atoms with van der Waals surface area (Å²) in [5.41, 5.74) is 2.38. The van der Waals surface area contributed by atoms with E-state index in [0.717, 1.165) is 23.3 Å². The molecule has 0 N–H and O–H groups in total. The van der Waals surface area contributed by atoms with Gasteiger partial charge >= 0.3 is 9.17 Å². The average Bonchev–Trinajstić information content (AvgIpc) is 2.61. The van der Waals surface area contributed by atoms with Crippen molar-refractivity contribution in [3.63, 3.8) is 0 Å². The van der Waals surface area contributed by atoms with E-state index in [4.69, 9.17) is 8.85 Å². The summed E-state index contributed by atoms with van der Waals surface area (Å²) in [6.45, 7) is 4.22. The van der Waals surface area contributed by atoms with Crippen LogP contribution in [0, 0.1) is 0 Å². The molecule has 0 saturated carbocycles. The summed E-state index contributed by atoms with van der Waals surface area (Å²) >= 11 is 3.38. The smallest absolute Gasteiger partial charge is 0.459 e. The maximum Gasteiger partial charge on any atom is 0.778 e. The summed E-state index contributed by atoms with van der Waals surface area (Å²) in [5, 5.41) is 0. The Morgan fingerprint density at radius 2 is 1.54 bits per heavy atom. The van der Waals surface area contributed by atoms with E-state index < -0.39 is 9.17 Å². The van der Waals surface area contributed by atoms with Crippen LogP contribution in [0.3, 0.4) is 0 Å². The summed E-state index contributed by atoms with van der Waals surface area (Å²) in [6.07, 6.45) is 5.84. The fourth-order valence-corrected chi connectivity index (χ4v) is 4.43. The van der Waals surface area contributed by atoms with Crippen LogP contribution < -0.4 is 8.85 Å². The quantitative estimate of drug-likeness (QED) is 0.470. The minimum atomic E-state index is -2.65. The van der Waals surface area contributed by atoms with Crippen LogP contribution in [-0.2, 0) is 17.3 Å². The SMILES string of the molecule is CCc1c(O[Si](=O)Oc2ccc(SC)cc2)ccc(SC)c1CC. The van der Waals surface area contributed by atoms with Gasteiger partial charge in [0.25, 0.3) is 0 Å². The third kappa shape index (κ3) is 4.65. The molecule has 0 radical (unpaired) electrons. The van der Waals surface area contributed by atoms with Crippen LogP contribution in [-0.4, -0.2) is 21.7 Å². The van der Waals surface area contributed by atoms with Crippen molar-refractivity contribution >= 4 is 32.7 Å². The van der Waals surface area contributed by atoms with Crippen molar-refractivity contribution in [3.05, 3.63) is 47.5 Å². The first-order valence-electron chi connectivity index (χ1n) is 7.85. The third-order valence-electron chi connectivity index (χ3n) is 3.73. The Labute approximate surface area is 154 Å². The van der Waals surface area contributed by atoms with E-state index in [0.29, 0.717) is 11.5 Å². The van der Waals surface area contributed by atoms with Crippen molar-refractivity contribution in [2.24, 2.45) is 0 Å². The predicted octanol–water partition coefficient (Wildman–Crippen LogP) is 5.13. The van der Waals surface area contributed by atoms with Crippen LogP contribution in [0.15, 0.2) is 46.2 Å². The van der Waals surface area contributed by atoms with Gasteiger partial charge in [-0.05, 0) is 72.9 Å². The highest BCUT2D eigenvalue weighted by Crippen LogP contribution is 2.32. The minimum absolute atomic E-state index is 0.561. The molecule has 2 aromatic carbocycles. The molecule has 6 heteroatoms. The van der Waals surface area contributed by atoms with Gasteiger partial charge in [0.15, 0.2) is 0 Å². The largest absolute Gasteiger partial charge is 0.778 e. The molecule has 2 aromatic rings. The molecular formula is C18H22O3S2Si. The van der Waals surface area contributed by atoms with Crippen LogP contribution in [0.25, 0.3) is 0 Å². The van der Waals surface area contributed by atoms with E-state index in [9.17, 15) is 4.46 Å². The summed E-state index contributed by atoms with van der Waals surface area (Å²) < 4.78 is 23.4. The van der Waals surface area contributed by atoms with Crippen LogP contribution in [0.1, 0.15) is 25.0 Å². The number of rotatable bonds is 8. The Hall–Kier alpha value is -1.24. The fraction of sp³-hybridized carbons (Fsp3) is 0.333. The molecule has 0 aromatic heterocycles. The molecule has 3 nitrogen and oxygen atoms in total. The lowest BCUT2D eigenvalue weighted by atomic mass is 10.0. The Balaban J connectivity index is 2.15. The first-order chi connectivity index (χ1) is 11.6. The fourth-order valence-electron chi connectivity index (χ4n) is 2.56. The van der Waals surface area contributed by atoms with Crippen LogP contribution >= 0.6 is 23.5 Å². The second kappa shape index (κ2) is 9.29. The standard InChI is InChI=1S/C18H22O3S2Si/c1-5-15-16(6-2)18(23-4)12-11-17(15)21-24(19)20-13-7-9-14(22-3)10-8-13/h7-12H,5-6H2,1-4H3. The molecule has 0 saturated heterocycles. The first kappa shape index (κ1) is 19.1. The molecule has 24 heavy (non-hydrogen) atoms. The molecule has 0 unspecified atom stereocenters. The second-order valence-electron chi connectivity index (χ2n) is 5.06. The number of hydrogen-bond acceptors (Lipinski definition) is 5. The molecule has 0 fully saturated rings. The van der Waals surface area contributed by atoms with Gasteiger partial charge < -0.3 is 8.85 Å². The Morgan fingerprint density at radius 3 is 2.08 bits per heavy atom. The monoisotopic (exact) mass is 378 g/mol. The van der Waals surface area contributed by atoms with E-state index in [1.54, 1.807) is 23.5 Å². The first-order valence-corrected chi connectivity index (χ1v) is 11.5. The van der Waals surface area contributed by atoms with Crippen molar-refractivity contribution in [3.8, 4) is 11.5 Å². The molecule has 0 aliphatic carbocycles. The molecule has 0 bridgehead atoms. The molecule has 0 amide bonds. The van der Waals surface area contributed by atoms with Crippen LogP contribution in [0.2, 0.25) is 0 Å². The van der Waals surface area contributed by atoms with E-state index in [1.807, 2.05) is 42.7 Å². The summed E-state index contributed by atoms with van der Waals surface area (Å²) in [4.78, 5) is 2.38. The van der Waals surface area contributed by atoms with Gasteiger partial charge in [-0.25, -0.2) is 0 Å². The number of hydrogen-bond donors (Lipinski definition) is 0. The molecule has 2 rings (SSSR count). The highest BCUT2D eigenvalue weighted by Gasteiger charge is 2.19. The van der Waals surface area contributed by atoms with E-state index in [1.165, 1.54) is 10.5 Å². The molecule has 0 heterocycles. The lowest BCUT2D eigenvalue weighted by Gasteiger charge is -2.15. The van der Waals surface area contributed by atoms with Gasteiger partial charge in [-0.1, -0.05) is 13.8 Å². The predicted molar refractivity (Wildman–Crippen MR) is 103 cm³/mol. The average molecular weight is 379 g/mol.